The zero-order valence-corrected chi connectivity index (χ0v) is 18.3. The number of primary amides is 1. The van der Waals surface area contributed by atoms with Crippen LogP contribution < -0.4 is 15.8 Å². The lowest BCUT2D eigenvalue weighted by Crippen LogP contribution is -2.13. The van der Waals surface area contributed by atoms with Crippen LogP contribution in [-0.2, 0) is 13.0 Å². The SMILES string of the molecule is COc1ccc(CCn2c(-c3csc(Nc4ccccc4)n3)cc(C(N)=O)c2C)cc1. The molecule has 2 heterocycles. The fraction of sp³-hybridized carbons (Fsp3) is 0.167. The highest BCUT2D eigenvalue weighted by Gasteiger charge is 2.18. The number of aromatic nitrogens is 2. The molecule has 0 aliphatic heterocycles. The van der Waals surface area contributed by atoms with Crippen LogP contribution in [0, 0.1) is 6.92 Å². The third-order valence-electron chi connectivity index (χ3n) is 5.21. The molecule has 0 atom stereocenters. The molecule has 31 heavy (non-hydrogen) atoms. The number of nitrogens with one attached hydrogen (secondary N) is 1. The van der Waals surface area contributed by atoms with E-state index in [-0.39, 0.29) is 0 Å². The summed E-state index contributed by atoms with van der Waals surface area (Å²) in [5, 5.41) is 6.11. The number of benzene rings is 2. The third kappa shape index (κ3) is 4.62. The first-order valence-electron chi connectivity index (χ1n) is 9.96. The van der Waals surface area contributed by atoms with Gasteiger partial charge in [0.2, 0.25) is 0 Å². The molecule has 0 saturated carbocycles. The lowest BCUT2D eigenvalue weighted by molar-refractivity contribution is 0.0999. The highest BCUT2D eigenvalue weighted by Crippen LogP contribution is 2.30. The molecule has 1 amide bonds. The molecule has 4 rings (SSSR count). The predicted molar refractivity (Wildman–Crippen MR) is 125 cm³/mol. The van der Waals surface area contributed by atoms with E-state index in [1.54, 1.807) is 7.11 Å². The minimum absolute atomic E-state index is 0.431. The van der Waals surface area contributed by atoms with Gasteiger partial charge >= 0.3 is 0 Å². The van der Waals surface area contributed by atoms with Gasteiger partial charge in [-0.15, -0.1) is 11.3 Å². The van der Waals surface area contributed by atoms with Crippen LogP contribution in [0.4, 0.5) is 10.8 Å². The van der Waals surface area contributed by atoms with Crippen LogP contribution >= 0.6 is 11.3 Å². The smallest absolute Gasteiger partial charge is 0.250 e. The number of hydrogen-bond acceptors (Lipinski definition) is 5. The van der Waals surface area contributed by atoms with Crippen LogP contribution in [0.25, 0.3) is 11.4 Å². The molecule has 0 fully saturated rings. The molecule has 158 valence electrons. The van der Waals surface area contributed by atoms with Crippen molar-refractivity contribution in [2.24, 2.45) is 5.73 Å². The Labute approximate surface area is 185 Å². The minimum Gasteiger partial charge on any atom is -0.497 e. The number of methoxy groups -OCH3 is 1. The first-order valence-corrected chi connectivity index (χ1v) is 10.8. The highest BCUT2D eigenvalue weighted by atomic mass is 32.1. The number of nitrogens with zero attached hydrogens (tertiary/aromatic N) is 2. The van der Waals surface area contributed by atoms with Crippen LogP contribution in [0.2, 0.25) is 0 Å². The molecule has 2 aromatic carbocycles. The van der Waals surface area contributed by atoms with Crippen LogP contribution in [0.15, 0.2) is 66.0 Å². The number of anilines is 2. The molecule has 7 heteroatoms. The maximum Gasteiger partial charge on any atom is 0.250 e. The molecule has 0 aliphatic rings. The van der Waals surface area contributed by atoms with Gasteiger partial charge in [0.15, 0.2) is 5.13 Å². The lowest BCUT2D eigenvalue weighted by Gasteiger charge is -2.11. The Hall–Kier alpha value is -3.58. The zero-order chi connectivity index (χ0) is 21.8. The van der Waals surface area contributed by atoms with Crippen molar-refractivity contribution in [3.63, 3.8) is 0 Å². The van der Waals surface area contributed by atoms with Gasteiger partial charge in [-0.25, -0.2) is 4.98 Å². The van der Waals surface area contributed by atoms with E-state index >= 15 is 0 Å². The summed E-state index contributed by atoms with van der Waals surface area (Å²) in [5.41, 5.74) is 10.9. The monoisotopic (exact) mass is 432 g/mol. The average molecular weight is 433 g/mol. The molecular formula is C24H24N4O2S. The molecule has 0 radical (unpaired) electrons. The minimum atomic E-state index is -0.431. The standard InChI is InChI=1S/C24H24N4O2S/c1-16-20(23(25)29)14-22(28(16)13-12-17-8-10-19(30-2)11-9-17)21-15-31-24(27-21)26-18-6-4-3-5-7-18/h3-11,14-15H,12-13H2,1-2H3,(H2,25,29)(H,26,27). The number of carbonyl (C=O) groups excluding carboxylic acids is 1. The van der Waals surface area contributed by atoms with Crippen molar-refractivity contribution in [1.82, 2.24) is 9.55 Å². The normalized spacial score (nSPS) is 10.8. The maximum atomic E-state index is 12.0. The Bertz CT molecular complexity index is 1180. The second-order valence-electron chi connectivity index (χ2n) is 7.17. The van der Waals surface area contributed by atoms with Crippen molar-refractivity contribution in [3.8, 4) is 17.1 Å². The summed E-state index contributed by atoms with van der Waals surface area (Å²) in [6, 6.07) is 19.8. The second-order valence-corrected chi connectivity index (χ2v) is 8.03. The van der Waals surface area contributed by atoms with E-state index < -0.39 is 5.91 Å². The number of nitrogens with two attached hydrogens (primary N) is 1. The van der Waals surface area contributed by atoms with Gasteiger partial charge in [-0.1, -0.05) is 30.3 Å². The molecular weight excluding hydrogens is 408 g/mol. The second kappa shape index (κ2) is 9.06. The van der Waals surface area contributed by atoms with Gasteiger partial charge in [-0.2, -0.15) is 0 Å². The number of rotatable bonds is 8. The van der Waals surface area contributed by atoms with Gasteiger partial charge in [0.25, 0.3) is 5.91 Å². The van der Waals surface area contributed by atoms with Crippen molar-refractivity contribution in [2.45, 2.75) is 19.9 Å². The molecule has 0 saturated heterocycles. The molecule has 6 nitrogen and oxygen atoms in total. The van der Waals surface area contributed by atoms with Gasteiger partial charge in [0.1, 0.15) is 5.75 Å². The van der Waals surface area contributed by atoms with Gasteiger partial charge in [-0.3, -0.25) is 4.79 Å². The Morgan fingerprint density at radius 1 is 1.16 bits per heavy atom. The summed E-state index contributed by atoms with van der Waals surface area (Å²) in [4.78, 5) is 16.7. The van der Waals surface area contributed by atoms with Gasteiger partial charge < -0.3 is 20.4 Å². The van der Waals surface area contributed by atoms with Crippen molar-refractivity contribution in [2.75, 3.05) is 12.4 Å². The van der Waals surface area contributed by atoms with E-state index in [9.17, 15) is 4.79 Å². The fourth-order valence-electron chi connectivity index (χ4n) is 3.52. The van der Waals surface area contributed by atoms with Crippen molar-refractivity contribution < 1.29 is 9.53 Å². The van der Waals surface area contributed by atoms with Crippen LogP contribution in [0.5, 0.6) is 5.75 Å². The van der Waals surface area contributed by atoms with Gasteiger partial charge in [-0.05, 0) is 49.2 Å². The first kappa shape index (κ1) is 20.7. The predicted octanol–water partition coefficient (Wildman–Crippen LogP) is 5.01. The summed E-state index contributed by atoms with van der Waals surface area (Å²) in [6.07, 6.45) is 0.809. The summed E-state index contributed by atoms with van der Waals surface area (Å²) in [6.45, 7) is 2.63. The molecule has 3 N–H and O–H groups in total. The highest BCUT2D eigenvalue weighted by molar-refractivity contribution is 7.14. The Balaban J connectivity index is 1.61. The van der Waals surface area contributed by atoms with Crippen molar-refractivity contribution in [3.05, 3.63) is 82.9 Å². The summed E-state index contributed by atoms with van der Waals surface area (Å²) < 4.78 is 7.35. The van der Waals surface area contributed by atoms with Crippen LogP contribution in [0.3, 0.4) is 0 Å². The number of ether oxygens (including phenoxy) is 1. The quantitative estimate of drug-likeness (QED) is 0.410. The van der Waals surface area contributed by atoms with Crippen LogP contribution in [-0.4, -0.2) is 22.6 Å². The molecule has 0 spiro atoms. The molecule has 4 aromatic rings. The molecule has 2 aromatic heterocycles. The Morgan fingerprint density at radius 2 is 1.90 bits per heavy atom. The third-order valence-corrected chi connectivity index (χ3v) is 5.96. The largest absolute Gasteiger partial charge is 0.497 e. The lowest BCUT2D eigenvalue weighted by atomic mass is 10.1. The number of aryl methyl sites for hydroxylation is 1. The number of carbonyl (C=O) groups is 1. The zero-order valence-electron chi connectivity index (χ0n) is 17.5. The van der Waals surface area contributed by atoms with Gasteiger partial charge in [0.05, 0.1) is 24.1 Å². The Morgan fingerprint density at radius 3 is 2.58 bits per heavy atom. The van der Waals surface area contributed by atoms with E-state index in [0.717, 1.165) is 40.1 Å². The van der Waals surface area contributed by atoms with E-state index in [2.05, 4.69) is 22.0 Å². The molecule has 0 bridgehead atoms. The van der Waals surface area contributed by atoms with Crippen molar-refractivity contribution in [1.29, 1.82) is 0 Å². The number of amides is 1. The number of para-hydroxylation sites is 1. The Kier molecular flexibility index (Phi) is 6.04. The maximum absolute atomic E-state index is 12.0. The number of hydrogen-bond donors (Lipinski definition) is 2. The fourth-order valence-corrected chi connectivity index (χ4v) is 4.25. The molecule has 0 unspecified atom stereocenters. The van der Waals surface area contributed by atoms with E-state index in [4.69, 9.17) is 15.5 Å². The summed E-state index contributed by atoms with van der Waals surface area (Å²) >= 11 is 1.52. The van der Waals surface area contributed by atoms with E-state index in [1.807, 2.05) is 60.8 Å². The first-order chi connectivity index (χ1) is 15.0. The van der Waals surface area contributed by atoms with E-state index in [1.165, 1.54) is 16.9 Å². The van der Waals surface area contributed by atoms with Crippen molar-refractivity contribution >= 4 is 28.1 Å². The topological polar surface area (TPSA) is 82.2 Å². The van der Waals surface area contributed by atoms with Gasteiger partial charge in [0, 0.05) is 23.3 Å². The van der Waals surface area contributed by atoms with E-state index in [0.29, 0.717) is 12.1 Å². The summed E-state index contributed by atoms with van der Waals surface area (Å²) in [7, 11) is 1.66. The number of thiazole rings is 1. The van der Waals surface area contributed by atoms with Crippen LogP contribution in [0.1, 0.15) is 21.6 Å². The average Bonchev–Trinajstić information content (AvgIpc) is 3.37. The summed E-state index contributed by atoms with van der Waals surface area (Å²) in [5.74, 6) is 0.401. The molecule has 0 aliphatic carbocycles.